The van der Waals surface area contributed by atoms with E-state index in [0.29, 0.717) is 0 Å². The van der Waals surface area contributed by atoms with Gasteiger partial charge in [0.15, 0.2) is 0 Å². The summed E-state index contributed by atoms with van der Waals surface area (Å²) in [7, 11) is 0. The molecule has 0 heteroatoms. The Morgan fingerprint density at radius 1 is 0.857 bits per heavy atom. The maximum atomic E-state index is 3.83. The number of hydrogen-bond donors (Lipinski definition) is 0. The fourth-order valence-electron chi connectivity index (χ4n) is 1.29. The molecule has 0 unspecified atom stereocenters. The minimum Gasteiger partial charge on any atom is -0.0845 e. The second-order valence-electron chi connectivity index (χ2n) is 3.70. The third-order valence-corrected chi connectivity index (χ3v) is 2.23. The molecule has 81 valence electrons. The summed E-state index contributed by atoms with van der Waals surface area (Å²) in [6.45, 7) is 6.06. The molecule has 0 aliphatic rings. The van der Waals surface area contributed by atoms with Crippen LogP contribution in [0.3, 0.4) is 0 Å². The lowest BCUT2D eigenvalue weighted by Crippen LogP contribution is -1.73. The van der Waals surface area contributed by atoms with Crippen molar-refractivity contribution in [2.75, 3.05) is 0 Å². The zero-order valence-electron chi connectivity index (χ0n) is 9.67. The van der Waals surface area contributed by atoms with E-state index in [0.717, 1.165) is 6.42 Å². The number of allylic oxidation sites excluding steroid dienone is 4. The van der Waals surface area contributed by atoms with Crippen LogP contribution in [0.2, 0.25) is 0 Å². The van der Waals surface area contributed by atoms with Gasteiger partial charge in [-0.3, -0.25) is 0 Å². The van der Waals surface area contributed by atoms with Gasteiger partial charge < -0.3 is 0 Å². The number of hydrogen-bond acceptors (Lipinski definition) is 0. The van der Waals surface area contributed by atoms with Crippen molar-refractivity contribution in [1.82, 2.24) is 0 Å². The molecular formula is C14H25. The van der Waals surface area contributed by atoms with Crippen LogP contribution in [0.15, 0.2) is 24.3 Å². The Bertz CT molecular complexity index is 142. The molecule has 0 aromatic rings. The normalized spacial score (nSPS) is 11.9. The predicted molar refractivity (Wildman–Crippen MR) is 66.2 cm³/mol. The van der Waals surface area contributed by atoms with Crippen molar-refractivity contribution < 1.29 is 0 Å². The lowest BCUT2D eigenvalue weighted by molar-refractivity contribution is 0.695. The minimum atomic E-state index is 1.08. The van der Waals surface area contributed by atoms with E-state index in [1.165, 1.54) is 44.9 Å². The molecule has 0 fully saturated rings. The van der Waals surface area contributed by atoms with Crippen molar-refractivity contribution in [3.8, 4) is 0 Å². The SMILES string of the molecule is [CH2]CCCCCC=CC=CCCCC. The van der Waals surface area contributed by atoms with E-state index in [4.69, 9.17) is 0 Å². The van der Waals surface area contributed by atoms with Crippen LogP contribution < -0.4 is 0 Å². The van der Waals surface area contributed by atoms with Crippen LogP contribution in [0.1, 0.15) is 58.3 Å². The summed E-state index contributed by atoms with van der Waals surface area (Å²) in [4.78, 5) is 0. The quantitative estimate of drug-likeness (QED) is 0.354. The van der Waals surface area contributed by atoms with Crippen molar-refractivity contribution >= 4 is 0 Å². The molecule has 0 rings (SSSR count). The highest BCUT2D eigenvalue weighted by molar-refractivity contribution is 5.02. The largest absolute Gasteiger partial charge is 0.0845 e. The number of rotatable bonds is 9. The fraction of sp³-hybridized carbons (Fsp3) is 0.643. The summed E-state index contributed by atoms with van der Waals surface area (Å²) in [5.74, 6) is 0. The molecule has 0 amide bonds. The fourth-order valence-corrected chi connectivity index (χ4v) is 1.29. The summed E-state index contributed by atoms with van der Waals surface area (Å²) >= 11 is 0. The maximum Gasteiger partial charge on any atom is -0.0348 e. The highest BCUT2D eigenvalue weighted by atomic mass is 13.9. The first-order valence-electron chi connectivity index (χ1n) is 6.02. The smallest absolute Gasteiger partial charge is 0.0348 e. The topological polar surface area (TPSA) is 0 Å². The van der Waals surface area contributed by atoms with E-state index in [2.05, 4.69) is 38.2 Å². The summed E-state index contributed by atoms with van der Waals surface area (Å²) in [6.07, 6.45) is 18.9. The standard InChI is InChI=1S/C14H25/c1-3-5-7-9-11-13-14-12-10-8-6-4-2/h10,12-14H,1,3-9,11H2,2H3. The molecule has 0 heterocycles. The lowest BCUT2D eigenvalue weighted by Gasteiger charge is -1.92. The van der Waals surface area contributed by atoms with E-state index in [-0.39, 0.29) is 0 Å². The molecule has 0 aromatic carbocycles. The van der Waals surface area contributed by atoms with Crippen molar-refractivity contribution in [3.05, 3.63) is 31.2 Å². The highest BCUT2D eigenvalue weighted by Gasteiger charge is 1.83. The summed E-state index contributed by atoms with van der Waals surface area (Å²) < 4.78 is 0. The van der Waals surface area contributed by atoms with Gasteiger partial charge in [-0.1, -0.05) is 70.3 Å². The van der Waals surface area contributed by atoms with Crippen molar-refractivity contribution in [2.45, 2.75) is 58.3 Å². The maximum absolute atomic E-state index is 3.83. The van der Waals surface area contributed by atoms with Gasteiger partial charge in [0.1, 0.15) is 0 Å². The third-order valence-electron chi connectivity index (χ3n) is 2.23. The molecule has 0 nitrogen and oxygen atoms in total. The molecule has 0 aromatic heterocycles. The Morgan fingerprint density at radius 3 is 2.07 bits per heavy atom. The average Bonchev–Trinajstić information content (AvgIpc) is 2.21. The Morgan fingerprint density at radius 2 is 1.50 bits per heavy atom. The van der Waals surface area contributed by atoms with Gasteiger partial charge in [0.25, 0.3) is 0 Å². The van der Waals surface area contributed by atoms with Gasteiger partial charge in [-0.15, -0.1) is 0 Å². The van der Waals surface area contributed by atoms with Crippen molar-refractivity contribution in [3.63, 3.8) is 0 Å². The summed E-state index contributed by atoms with van der Waals surface area (Å²) in [5, 5.41) is 0. The van der Waals surface area contributed by atoms with Crippen LogP contribution in [-0.4, -0.2) is 0 Å². The molecule has 0 saturated heterocycles. The molecule has 14 heavy (non-hydrogen) atoms. The van der Waals surface area contributed by atoms with Crippen LogP contribution in [0, 0.1) is 6.92 Å². The van der Waals surface area contributed by atoms with Crippen LogP contribution in [0.4, 0.5) is 0 Å². The van der Waals surface area contributed by atoms with E-state index in [9.17, 15) is 0 Å². The average molecular weight is 193 g/mol. The lowest BCUT2D eigenvalue weighted by atomic mass is 10.1. The van der Waals surface area contributed by atoms with Crippen LogP contribution in [0.5, 0.6) is 0 Å². The van der Waals surface area contributed by atoms with E-state index < -0.39 is 0 Å². The molecule has 0 bridgehead atoms. The van der Waals surface area contributed by atoms with Crippen LogP contribution in [0.25, 0.3) is 0 Å². The Hall–Kier alpha value is -0.520. The molecule has 0 N–H and O–H groups in total. The Balaban J connectivity index is 3.14. The van der Waals surface area contributed by atoms with Crippen molar-refractivity contribution in [1.29, 1.82) is 0 Å². The molecular weight excluding hydrogens is 168 g/mol. The van der Waals surface area contributed by atoms with E-state index >= 15 is 0 Å². The predicted octanol–water partition coefficient (Wildman–Crippen LogP) is 5.07. The summed E-state index contributed by atoms with van der Waals surface area (Å²) in [6, 6.07) is 0. The second kappa shape index (κ2) is 12.5. The highest BCUT2D eigenvalue weighted by Crippen LogP contribution is 2.02. The van der Waals surface area contributed by atoms with Gasteiger partial charge in [0.2, 0.25) is 0 Å². The van der Waals surface area contributed by atoms with Gasteiger partial charge in [-0.2, -0.15) is 0 Å². The van der Waals surface area contributed by atoms with E-state index in [1.807, 2.05) is 0 Å². The molecule has 0 saturated carbocycles. The molecule has 0 spiro atoms. The first-order valence-corrected chi connectivity index (χ1v) is 6.02. The van der Waals surface area contributed by atoms with Gasteiger partial charge in [0.05, 0.1) is 0 Å². The van der Waals surface area contributed by atoms with Gasteiger partial charge in [-0.25, -0.2) is 0 Å². The first kappa shape index (κ1) is 13.5. The first-order chi connectivity index (χ1) is 6.91. The molecule has 0 aliphatic carbocycles. The molecule has 0 atom stereocenters. The van der Waals surface area contributed by atoms with Gasteiger partial charge >= 0.3 is 0 Å². The summed E-state index contributed by atoms with van der Waals surface area (Å²) in [5.41, 5.74) is 0. The molecule has 1 radical (unpaired) electrons. The van der Waals surface area contributed by atoms with Gasteiger partial charge in [-0.05, 0) is 19.3 Å². The Kier molecular flexibility index (Phi) is 12.0. The van der Waals surface area contributed by atoms with Crippen LogP contribution >= 0.6 is 0 Å². The second-order valence-corrected chi connectivity index (χ2v) is 3.70. The van der Waals surface area contributed by atoms with Gasteiger partial charge in [0, 0.05) is 0 Å². The third kappa shape index (κ3) is 11.5. The molecule has 0 aliphatic heterocycles. The number of unbranched alkanes of at least 4 members (excludes halogenated alkanes) is 6. The Labute approximate surface area is 90.1 Å². The monoisotopic (exact) mass is 193 g/mol. The minimum absolute atomic E-state index is 1.08. The zero-order valence-corrected chi connectivity index (χ0v) is 9.67. The van der Waals surface area contributed by atoms with Crippen molar-refractivity contribution in [2.24, 2.45) is 0 Å². The van der Waals surface area contributed by atoms with Crippen LogP contribution in [-0.2, 0) is 0 Å². The van der Waals surface area contributed by atoms with E-state index in [1.54, 1.807) is 0 Å². The zero-order chi connectivity index (χ0) is 10.5.